The van der Waals surface area contributed by atoms with Crippen LogP contribution in [0.3, 0.4) is 0 Å². The van der Waals surface area contributed by atoms with E-state index in [0.29, 0.717) is 5.38 Å². The first-order valence-electron chi connectivity index (χ1n) is 5.58. The van der Waals surface area contributed by atoms with E-state index in [1.807, 2.05) is 0 Å². The van der Waals surface area contributed by atoms with Gasteiger partial charge < -0.3 is 4.74 Å². The number of hydrogen-bond donors (Lipinski definition) is 0. The Balaban J connectivity index is 1.83. The second kappa shape index (κ2) is 4.65. The Labute approximate surface area is 85.8 Å². The Morgan fingerprint density at radius 2 is 1.69 bits per heavy atom. The van der Waals surface area contributed by atoms with Crippen molar-refractivity contribution in [3.63, 3.8) is 0 Å². The maximum atomic E-state index is 6.20. The van der Waals surface area contributed by atoms with Gasteiger partial charge in [-0.3, -0.25) is 0 Å². The molecule has 1 saturated carbocycles. The lowest BCUT2D eigenvalue weighted by Crippen LogP contribution is -2.27. The average Bonchev–Trinajstić information content (AvgIpc) is 2.19. The van der Waals surface area contributed by atoms with Crippen molar-refractivity contribution in [1.29, 1.82) is 0 Å². The van der Waals surface area contributed by atoms with Gasteiger partial charge in [0, 0.05) is 18.6 Å². The Hall–Kier alpha value is 0.250. The van der Waals surface area contributed by atoms with Crippen LogP contribution in [0.1, 0.15) is 38.5 Å². The van der Waals surface area contributed by atoms with Crippen LogP contribution in [-0.2, 0) is 4.74 Å². The Kier molecular flexibility index (Phi) is 3.51. The summed E-state index contributed by atoms with van der Waals surface area (Å²) in [5.41, 5.74) is 0. The summed E-state index contributed by atoms with van der Waals surface area (Å²) in [7, 11) is 0. The van der Waals surface area contributed by atoms with E-state index in [-0.39, 0.29) is 0 Å². The van der Waals surface area contributed by atoms with Crippen molar-refractivity contribution < 1.29 is 4.74 Å². The SMILES string of the molecule is ClC1CCCC(C2CCOCC2)C1. The lowest BCUT2D eigenvalue weighted by atomic mass is 9.76. The van der Waals surface area contributed by atoms with E-state index in [9.17, 15) is 0 Å². The summed E-state index contributed by atoms with van der Waals surface area (Å²) in [4.78, 5) is 0. The molecule has 0 radical (unpaired) electrons. The molecular weight excluding hydrogens is 184 g/mol. The van der Waals surface area contributed by atoms with Gasteiger partial charge in [-0.15, -0.1) is 11.6 Å². The molecule has 0 aromatic heterocycles. The van der Waals surface area contributed by atoms with Gasteiger partial charge in [0.25, 0.3) is 0 Å². The molecule has 2 heteroatoms. The second-order valence-electron chi connectivity index (χ2n) is 4.47. The largest absolute Gasteiger partial charge is 0.381 e. The summed E-state index contributed by atoms with van der Waals surface area (Å²) in [5.74, 6) is 1.82. The van der Waals surface area contributed by atoms with Gasteiger partial charge in [-0.25, -0.2) is 0 Å². The van der Waals surface area contributed by atoms with Crippen molar-refractivity contribution in [2.24, 2.45) is 11.8 Å². The lowest BCUT2D eigenvalue weighted by molar-refractivity contribution is 0.0395. The molecule has 0 aromatic carbocycles. The van der Waals surface area contributed by atoms with E-state index in [1.165, 1.54) is 38.5 Å². The van der Waals surface area contributed by atoms with Crippen LogP contribution in [0.25, 0.3) is 0 Å². The molecule has 2 unspecified atom stereocenters. The van der Waals surface area contributed by atoms with Crippen molar-refractivity contribution in [3.05, 3.63) is 0 Å². The number of halogens is 1. The fraction of sp³-hybridized carbons (Fsp3) is 1.00. The maximum Gasteiger partial charge on any atom is 0.0468 e. The number of ether oxygens (including phenoxy) is 1. The Morgan fingerprint density at radius 1 is 0.923 bits per heavy atom. The minimum Gasteiger partial charge on any atom is -0.381 e. The summed E-state index contributed by atoms with van der Waals surface area (Å²) < 4.78 is 5.38. The zero-order chi connectivity index (χ0) is 9.10. The van der Waals surface area contributed by atoms with E-state index in [1.54, 1.807) is 0 Å². The molecule has 2 aliphatic rings. The van der Waals surface area contributed by atoms with Crippen LogP contribution in [0.5, 0.6) is 0 Å². The molecule has 1 heterocycles. The van der Waals surface area contributed by atoms with Crippen LogP contribution in [0.2, 0.25) is 0 Å². The first-order chi connectivity index (χ1) is 6.36. The molecule has 0 N–H and O–H groups in total. The number of alkyl halides is 1. The monoisotopic (exact) mass is 202 g/mol. The predicted octanol–water partition coefficient (Wildman–Crippen LogP) is 3.21. The molecule has 1 nitrogen and oxygen atoms in total. The lowest BCUT2D eigenvalue weighted by Gasteiger charge is -2.34. The third kappa shape index (κ3) is 2.60. The zero-order valence-electron chi connectivity index (χ0n) is 8.18. The molecule has 1 aliphatic heterocycles. The molecule has 76 valence electrons. The van der Waals surface area contributed by atoms with Crippen molar-refractivity contribution in [2.45, 2.75) is 43.9 Å². The molecule has 2 rings (SSSR count). The molecule has 0 aromatic rings. The highest BCUT2D eigenvalue weighted by Gasteiger charge is 2.28. The molecule has 1 saturated heterocycles. The van der Waals surface area contributed by atoms with Gasteiger partial charge in [0.15, 0.2) is 0 Å². The topological polar surface area (TPSA) is 9.23 Å². The standard InChI is InChI=1S/C11H19ClO/c12-11-3-1-2-10(8-11)9-4-6-13-7-5-9/h9-11H,1-8H2. The number of rotatable bonds is 1. The maximum absolute atomic E-state index is 6.20. The molecule has 0 bridgehead atoms. The summed E-state index contributed by atoms with van der Waals surface area (Å²) in [6.45, 7) is 1.96. The molecule has 0 spiro atoms. The predicted molar refractivity (Wildman–Crippen MR) is 55.1 cm³/mol. The van der Waals surface area contributed by atoms with Crippen molar-refractivity contribution in [3.8, 4) is 0 Å². The molecule has 13 heavy (non-hydrogen) atoms. The summed E-state index contributed by atoms with van der Waals surface area (Å²) in [6, 6.07) is 0. The van der Waals surface area contributed by atoms with Crippen molar-refractivity contribution in [1.82, 2.24) is 0 Å². The highest BCUT2D eigenvalue weighted by Crippen LogP contribution is 2.36. The highest BCUT2D eigenvalue weighted by atomic mass is 35.5. The van der Waals surface area contributed by atoms with Crippen LogP contribution < -0.4 is 0 Å². The van der Waals surface area contributed by atoms with Crippen LogP contribution in [0.15, 0.2) is 0 Å². The van der Waals surface area contributed by atoms with Crippen LogP contribution in [-0.4, -0.2) is 18.6 Å². The third-order valence-electron chi connectivity index (χ3n) is 3.58. The van der Waals surface area contributed by atoms with Crippen LogP contribution >= 0.6 is 11.6 Å². The van der Waals surface area contributed by atoms with Crippen LogP contribution in [0, 0.1) is 11.8 Å². The van der Waals surface area contributed by atoms with Gasteiger partial charge in [0.1, 0.15) is 0 Å². The molecule has 2 fully saturated rings. The van der Waals surface area contributed by atoms with Gasteiger partial charge >= 0.3 is 0 Å². The summed E-state index contributed by atoms with van der Waals surface area (Å²) in [6.07, 6.45) is 7.79. The van der Waals surface area contributed by atoms with Gasteiger partial charge in [-0.05, 0) is 37.5 Å². The molecule has 2 atom stereocenters. The third-order valence-corrected chi connectivity index (χ3v) is 3.98. The molecule has 0 amide bonds. The van der Waals surface area contributed by atoms with Crippen LogP contribution in [0.4, 0.5) is 0 Å². The Morgan fingerprint density at radius 3 is 2.38 bits per heavy atom. The molecule has 1 aliphatic carbocycles. The summed E-state index contributed by atoms with van der Waals surface area (Å²) >= 11 is 6.20. The van der Waals surface area contributed by atoms with Gasteiger partial charge in [-0.1, -0.05) is 12.8 Å². The quantitative estimate of drug-likeness (QED) is 0.594. The van der Waals surface area contributed by atoms with E-state index in [4.69, 9.17) is 16.3 Å². The first-order valence-corrected chi connectivity index (χ1v) is 6.01. The van der Waals surface area contributed by atoms with E-state index in [2.05, 4.69) is 0 Å². The van der Waals surface area contributed by atoms with Gasteiger partial charge in [0.05, 0.1) is 0 Å². The zero-order valence-corrected chi connectivity index (χ0v) is 8.93. The molecular formula is C11H19ClO. The fourth-order valence-corrected chi connectivity index (χ4v) is 3.16. The second-order valence-corrected chi connectivity index (χ2v) is 5.09. The normalized spacial score (nSPS) is 37.6. The smallest absolute Gasteiger partial charge is 0.0468 e. The average molecular weight is 203 g/mol. The minimum atomic E-state index is 0.460. The Bertz CT molecular complexity index is 154. The highest BCUT2D eigenvalue weighted by molar-refractivity contribution is 6.20. The van der Waals surface area contributed by atoms with Crippen molar-refractivity contribution in [2.75, 3.05) is 13.2 Å². The van der Waals surface area contributed by atoms with Gasteiger partial charge in [-0.2, -0.15) is 0 Å². The van der Waals surface area contributed by atoms with E-state index >= 15 is 0 Å². The first kappa shape index (κ1) is 9.79. The summed E-state index contributed by atoms with van der Waals surface area (Å²) in [5, 5.41) is 0.460. The van der Waals surface area contributed by atoms with E-state index < -0.39 is 0 Å². The van der Waals surface area contributed by atoms with E-state index in [0.717, 1.165) is 25.0 Å². The van der Waals surface area contributed by atoms with Crippen molar-refractivity contribution >= 4 is 11.6 Å². The minimum absolute atomic E-state index is 0.460. The fourth-order valence-electron chi connectivity index (χ4n) is 2.78. The number of hydrogen-bond acceptors (Lipinski definition) is 1. The van der Waals surface area contributed by atoms with Gasteiger partial charge in [0.2, 0.25) is 0 Å².